The predicted octanol–water partition coefficient (Wildman–Crippen LogP) is 3.63. The number of benzene rings is 1. The summed E-state index contributed by atoms with van der Waals surface area (Å²) in [5, 5.41) is 10.1. The fourth-order valence-corrected chi connectivity index (χ4v) is 2.04. The fraction of sp³-hybridized carbons (Fsp3) is 0.412. The number of nitrogens with zero attached hydrogens (tertiary/aromatic N) is 2. The minimum atomic E-state index is -4.31. The Morgan fingerprint density at radius 2 is 1.85 bits per heavy atom. The molecule has 0 fully saturated rings. The lowest BCUT2D eigenvalue weighted by Gasteiger charge is -2.10. The highest BCUT2D eigenvalue weighted by Crippen LogP contribution is 2.16. The van der Waals surface area contributed by atoms with Gasteiger partial charge < -0.3 is 19.9 Å². The summed E-state index contributed by atoms with van der Waals surface area (Å²) < 4.78 is 45.6. The van der Waals surface area contributed by atoms with Gasteiger partial charge in [0.1, 0.15) is 18.6 Å². The number of rotatable bonds is 8. The molecule has 2 N–H and O–H groups in total. The van der Waals surface area contributed by atoms with Crippen LogP contribution < -0.4 is 10.6 Å². The Bertz CT molecular complexity index is 676. The maximum absolute atomic E-state index is 12.1. The van der Waals surface area contributed by atoms with Gasteiger partial charge in [-0.1, -0.05) is 29.4 Å². The molecule has 0 saturated carbocycles. The molecule has 0 atom stereocenters. The van der Waals surface area contributed by atoms with Crippen molar-refractivity contribution in [1.29, 1.82) is 0 Å². The number of aromatic nitrogens is 1. The smallest absolute Gasteiger partial charge is 0.367 e. The zero-order chi connectivity index (χ0) is 18.8. The number of aliphatic imine (C=N–C) groups is 1. The molecule has 0 radical (unpaired) electrons. The Morgan fingerprint density at radius 1 is 1.15 bits per heavy atom. The summed E-state index contributed by atoms with van der Waals surface area (Å²) in [4.78, 5) is 4.46. The van der Waals surface area contributed by atoms with Crippen molar-refractivity contribution in [2.45, 2.75) is 32.8 Å². The van der Waals surface area contributed by atoms with E-state index >= 15 is 0 Å². The number of alkyl halides is 3. The first-order valence-corrected chi connectivity index (χ1v) is 8.10. The van der Waals surface area contributed by atoms with Gasteiger partial charge in [-0.15, -0.1) is 24.0 Å². The topological polar surface area (TPSA) is 71.7 Å². The molecule has 0 bridgehead atoms. The van der Waals surface area contributed by atoms with Crippen LogP contribution in [0.4, 0.5) is 13.2 Å². The number of guanidine groups is 1. The van der Waals surface area contributed by atoms with Crippen molar-refractivity contribution in [2.24, 2.45) is 4.99 Å². The van der Waals surface area contributed by atoms with E-state index in [1.54, 1.807) is 18.2 Å². The summed E-state index contributed by atoms with van der Waals surface area (Å²) in [6.45, 7) is 2.26. The van der Waals surface area contributed by atoms with E-state index in [0.717, 1.165) is 11.3 Å². The fourth-order valence-electron chi connectivity index (χ4n) is 2.04. The minimum absolute atomic E-state index is 0. The lowest BCUT2D eigenvalue weighted by atomic mass is 10.1. The average Bonchev–Trinajstić information content (AvgIpc) is 3.11. The molecule has 150 valence electrons. The average molecular weight is 498 g/mol. The molecule has 1 aromatic heterocycles. The zero-order valence-corrected chi connectivity index (χ0v) is 17.1. The number of halogens is 4. The largest absolute Gasteiger partial charge is 0.411 e. The molecular weight excluding hydrogens is 476 g/mol. The number of nitrogens with one attached hydrogen (secondary N) is 2. The first-order valence-electron chi connectivity index (χ1n) is 8.10. The molecule has 2 rings (SSSR count). The molecule has 2 aromatic rings. The number of hydrogen-bond acceptors (Lipinski definition) is 4. The van der Waals surface area contributed by atoms with Crippen LogP contribution in [0, 0.1) is 0 Å². The van der Waals surface area contributed by atoms with Crippen molar-refractivity contribution in [3.63, 3.8) is 0 Å². The summed E-state index contributed by atoms with van der Waals surface area (Å²) in [6, 6.07) is 8.86. The molecule has 27 heavy (non-hydrogen) atoms. The monoisotopic (exact) mass is 498 g/mol. The minimum Gasteiger partial charge on any atom is -0.367 e. The second kappa shape index (κ2) is 11.8. The van der Waals surface area contributed by atoms with Gasteiger partial charge in [0.15, 0.2) is 5.96 Å². The molecule has 0 aliphatic rings. The van der Waals surface area contributed by atoms with Crippen molar-refractivity contribution in [2.75, 3.05) is 13.2 Å². The van der Waals surface area contributed by atoms with Crippen molar-refractivity contribution in [3.05, 3.63) is 53.4 Å². The van der Waals surface area contributed by atoms with Gasteiger partial charge in [-0.25, -0.2) is 4.99 Å². The van der Waals surface area contributed by atoms with Gasteiger partial charge in [-0.05, 0) is 18.1 Å². The van der Waals surface area contributed by atoms with E-state index in [4.69, 9.17) is 4.52 Å². The van der Waals surface area contributed by atoms with Crippen LogP contribution in [0.1, 0.15) is 23.7 Å². The zero-order valence-electron chi connectivity index (χ0n) is 14.8. The van der Waals surface area contributed by atoms with Crippen LogP contribution in [0.25, 0.3) is 0 Å². The summed E-state index contributed by atoms with van der Waals surface area (Å²) >= 11 is 0. The van der Waals surface area contributed by atoms with E-state index in [1.165, 1.54) is 6.26 Å². The molecule has 0 aliphatic carbocycles. The molecule has 0 unspecified atom stereocenters. The van der Waals surface area contributed by atoms with Crippen LogP contribution in [0.5, 0.6) is 0 Å². The maximum atomic E-state index is 12.1. The van der Waals surface area contributed by atoms with Crippen molar-refractivity contribution < 1.29 is 22.4 Å². The number of ether oxygens (including phenoxy) is 1. The van der Waals surface area contributed by atoms with Crippen LogP contribution >= 0.6 is 24.0 Å². The quantitative estimate of drug-likeness (QED) is 0.331. The Hall–Kier alpha value is -1.82. The molecule has 6 nitrogen and oxygen atoms in total. The summed E-state index contributed by atoms with van der Waals surface area (Å²) in [5.74, 6) is 0.632. The second-order valence-electron chi connectivity index (χ2n) is 5.46. The van der Waals surface area contributed by atoms with Gasteiger partial charge in [0.25, 0.3) is 0 Å². The highest BCUT2D eigenvalue weighted by Gasteiger charge is 2.27. The summed E-state index contributed by atoms with van der Waals surface area (Å²) in [5.41, 5.74) is 2.38. The van der Waals surface area contributed by atoms with E-state index in [1.807, 2.05) is 19.1 Å². The van der Waals surface area contributed by atoms with Crippen molar-refractivity contribution in [3.8, 4) is 0 Å². The molecule has 0 amide bonds. The SMILES string of the molecule is CCNC(=NCc1ccc(COCC(F)(F)F)cc1)NCc1ccon1.I. The van der Waals surface area contributed by atoms with E-state index in [2.05, 4.69) is 25.5 Å². The van der Waals surface area contributed by atoms with Gasteiger partial charge in [0.05, 0.1) is 19.7 Å². The van der Waals surface area contributed by atoms with Crippen molar-refractivity contribution in [1.82, 2.24) is 15.8 Å². The highest BCUT2D eigenvalue weighted by atomic mass is 127. The third-order valence-corrected chi connectivity index (χ3v) is 3.25. The molecule has 0 spiro atoms. The third kappa shape index (κ3) is 9.61. The lowest BCUT2D eigenvalue weighted by Crippen LogP contribution is -2.36. The van der Waals surface area contributed by atoms with Crippen LogP contribution in [0.3, 0.4) is 0 Å². The van der Waals surface area contributed by atoms with Crippen LogP contribution in [-0.4, -0.2) is 30.4 Å². The second-order valence-corrected chi connectivity index (χ2v) is 5.46. The predicted molar refractivity (Wildman–Crippen MR) is 106 cm³/mol. The lowest BCUT2D eigenvalue weighted by molar-refractivity contribution is -0.176. The third-order valence-electron chi connectivity index (χ3n) is 3.25. The summed E-state index contributed by atoms with van der Waals surface area (Å²) in [7, 11) is 0. The van der Waals surface area contributed by atoms with Gasteiger partial charge in [0.2, 0.25) is 0 Å². The van der Waals surface area contributed by atoms with Gasteiger partial charge in [-0.2, -0.15) is 13.2 Å². The Balaban J connectivity index is 0.00000364. The normalized spacial score (nSPS) is 11.8. The van der Waals surface area contributed by atoms with E-state index in [0.29, 0.717) is 31.2 Å². The van der Waals surface area contributed by atoms with E-state index in [9.17, 15) is 13.2 Å². The Morgan fingerprint density at radius 3 is 2.44 bits per heavy atom. The van der Waals surface area contributed by atoms with Crippen LogP contribution in [0.2, 0.25) is 0 Å². The Kier molecular flexibility index (Phi) is 10.1. The van der Waals surface area contributed by atoms with Crippen molar-refractivity contribution >= 4 is 29.9 Å². The standard InChI is InChI=1S/C17H21F3N4O2.HI/c1-2-21-16(23-10-15-7-8-26-24-15)22-9-13-3-5-14(6-4-13)11-25-12-17(18,19)20;/h3-8H,2,9-12H2,1H3,(H2,21,22,23);1H. The molecule has 0 saturated heterocycles. The first-order chi connectivity index (χ1) is 12.5. The van der Waals surface area contributed by atoms with E-state index < -0.39 is 12.8 Å². The first kappa shape index (κ1) is 23.2. The molecule has 1 aromatic carbocycles. The maximum Gasteiger partial charge on any atom is 0.411 e. The van der Waals surface area contributed by atoms with Gasteiger partial charge >= 0.3 is 6.18 Å². The summed E-state index contributed by atoms with van der Waals surface area (Å²) in [6.07, 6.45) is -2.81. The molecule has 1 heterocycles. The van der Waals surface area contributed by atoms with Crippen LogP contribution in [0.15, 0.2) is 46.1 Å². The van der Waals surface area contributed by atoms with Gasteiger partial charge in [-0.3, -0.25) is 0 Å². The molecule has 0 aliphatic heterocycles. The van der Waals surface area contributed by atoms with E-state index in [-0.39, 0.29) is 30.6 Å². The Labute approximate surface area is 172 Å². The molecule has 10 heteroatoms. The molecular formula is C17H22F3IN4O2. The van der Waals surface area contributed by atoms with Crippen LogP contribution in [-0.2, 0) is 24.4 Å². The number of hydrogen-bond donors (Lipinski definition) is 2. The highest BCUT2D eigenvalue weighted by molar-refractivity contribution is 14.0. The van der Waals surface area contributed by atoms with Gasteiger partial charge in [0, 0.05) is 12.6 Å².